The van der Waals surface area contributed by atoms with Crippen molar-refractivity contribution < 1.29 is 13.5 Å². The molecule has 0 saturated carbocycles. The largest absolute Gasteiger partial charge is 0.392 e. The first-order valence-corrected chi connectivity index (χ1v) is 8.50. The van der Waals surface area contributed by atoms with Gasteiger partial charge in [0.1, 0.15) is 0 Å². The van der Waals surface area contributed by atoms with E-state index in [1.54, 1.807) is 19.2 Å². The van der Waals surface area contributed by atoms with Crippen molar-refractivity contribution in [2.45, 2.75) is 24.5 Å². The highest BCUT2D eigenvalue weighted by molar-refractivity contribution is 7.89. The molecule has 6 heteroatoms. The molecule has 1 atom stereocenters. The van der Waals surface area contributed by atoms with Crippen LogP contribution in [0.15, 0.2) is 46.7 Å². The van der Waals surface area contributed by atoms with Gasteiger partial charge < -0.3 is 5.11 Å². The van der Waals surface area contributed by atoms with Gasteiger partial charge in [-0.15, -0.1) is 11.3 Å². The number of rotatable bonds is 5. The van der Waals surface area contributed by atoms with Crippen molar-refractivity contribution in [3.63, 3.8) is 0 Å². The van der Waals surface area contributed by atoms with E-state index in [2.05, 4.69) is 0 Å². The van der Waals surface area contributed by atoms with Crippen molar-refractivity contribution in [3.8, 4) is 0 Å². The molecule has 0 spiro atoms. The Balaban J connectivity index is 2.29. The molecule has 1 heterocycles. The second-order valence-electron chi connectivity index (χ2n) is 4.51. The van der Waals surface area contributed by atoms with Crippen LogP contribution in [0.4, 0.5) is 0 Å². The van der Waals surface area contributed by atoms with Gasteiger partial charge in [-0.3, -0.25) is 0 Å². The average Bonchev–Trinajstić information content (AvgIpc) is 3.00. The van der Waals surface area contributed by atoms with Crippen LogP contribution in [-0.4, -0.2) is 24.9 Å². The third-order valence-electron chi connectivity index (χ3n) is 3.28. The van der Waals surface area contributed by atoms with Crippen molar-refractivity contribution >= 4 is 21.4 Å². The Labute approximate surface area is 123 Å². The maximum absolute atomic E-state index is 12.5. The number of benzene rings is 1. The van der Waals surface area contributed by atoms with Crippen LogP contribution in [-0.2, 0) is 16.6 Å². The van der Waals surface area contributed by atoms with Crippen LogP contribution in [0, 0.1) is 0 Å². The molecule has 0 aliphatic carbocycles. The zero-order valence-corrected chi connectivity index (χ0v) is 13.0. The molecule has 0 bridgehead atoms. The minimum atomic E-state index is -3.53. The molecule has 2 aromatic rings. The molecule has 4 nitrogen and oxygen atoms in total. The van der Waals surface area contributed by atoms with Gasteiger partial charge in [0.2, 0.25) is 10.0 Å². The summed E-state index contributed by atoms with van der Waals surface area (Å²) in [5, 5.41) is 10.9. The second-order valence-corrected chi connectivity index (χ2v) is 7.49. The molecule has 2 rings (SSSR count). The molecule has 1 aromatic carbocycles. The van der Waals surface area contributed by atoms with Crippen LogP contribution in [0.5, 0.6) is 0 Å². The lowest BCUT2D eigenvalue weighted by Gasteiger charge is -2.23. The van der Waals surface area contributed by atoms with E-state index in [1.165, 1.54) is 27.8 Å². The molecule has 0 aliphatic heterocycles. The van der Waals surface area contributed by atoms with E-state index < -0.39 is 10.0 Å². The topological polar surface area (TPSA) is 57.6 Å². The summed E-state index contributed by atoms with van der Waals surface area (Å²) in [4.78, 5) is 1.24. The average molecular weight is 311 g/mol. The molecule has 20 heavy (non-hydrogen) atoms. The summed E-state index contributed by atoms with van der Waals surface area (Å²) in [6, 6.07) is 9.92. The first kappa shape index (κ1) is 15.2. The van der Waals surface area contributed by atoms with Crippen LogP contribution in [0.25, 0.3) is 0 Å². The van der Waals surface area contributed by atoms with Gasteiger partial charge in [-0.2, -0.15) is 4.31 Å². The third kappa shape index (κ3) is 2.93. The SMILES string of the molecule is CC(c1cccs1)N(C)S(=O)(=O)c1ccc(CO)cc1. The lowest BCUT2D eigenvalue weighted by Crippen LogP contribution is -2.29. The number of aliphatic hydroxyl groups excluding tert-OH is 1. The van der Waals surface area contributed by atoms with Gasteiger partial charge in [0.05, 0.1) is 17.5 Å². The second kappa shape index (κ2) is 6.05. The monoisotopic (exact) mass is 311 g/mol. The Kier molecular flexibility index (Phi) is 4.59. The molecule has 0 saturated heterocycles. The summed E-state index contributed by atoms with van der Waals surface area (Å²) < 4.78 is 26.4. The van der Waals surface area contributed by atoms with Gasteiger partial charge in [0.15, 0.2) is 0 Å². The smallest absolute Gasteiger partial charge is 0.243 e. The summed E-state index contributed by atoms with van der Waals surface area (Å²) in [5.41, 5.74) is 0.693. The van der Waals surface area contributed by atoms with E-state index >= 15 is 0 Å². The number of hydrogen-bond donors (Lipinski definition) is 1. The Morgan fingerprint density at radius 2 is 1.90 bits per heavy atom. The highest BCUT2D eigenvalue weighted by Gasteiger charge is 2.26. The van der Waals surface area contributed by atoms with E-state index in [1.807, 2.05) is 24.4 Å². The first-order chi connectivity index (χ1) is 9.46. The van der Waals surface area contributed by atoms with Crippen molar-refractivity contribution in [2.24, 2.45) is 0 Å². The Morgan fingerprint density at radius 1 is 1.25 bits per heavy atom. The number of sulfonamides is 1. The number of nitrogens with zero attached hydrogens (tertiary/aromatic N) is 1. The standard InChI is InChI=1S/C14H17NO3S2/c1-11(14-4-3-9-19-14)15(2)20(17,18)13-7-5-12(10-16)6-8-13/h3-9,11,16H,10H2,1-2H3. The molecular weight excluding hydrogens is 294 g/mol. The minimum absolute atomic E-state index is 0.0955. The van der Waals surface area contributed by atoms with E-state index in [4.69, 9.17) is 5.11 Å². The predicted molar refractivity (Wildman–Crippen MR) is 80.0 cm³/mol. The summed E-state index contributed by atoms with van der Waals surface area (Å²) in [5.74, 6) is 0. The van der Waals surface area contributed by atoms with Crippen LogP contribution < -0.4 is 0 Å². The van der Waals surface area contributed by atoms with Crippen LogP contribution in [0.2, 0.25) is 0 Å². The Morgan fingerprint density at radius 3 is 2.40 bits per heavy atom. The van der Waals surface area contributed by atoms with Crippen molar-refractivity contribution in [1.82, 2.24) is 4.31 Å². The van der Waals surface area contributed by atoms with Gasteiger partial charge >= 0.3 is 0 Å². The molecule has 0 fully saturated rings. The molecular formula is C14H17NO3S2. The maximum Gasteiger partial charge on any atom is 0.243 e. The van der Waals surface area contributed by atoms with Gasteiger partial charge in [0, 0.05) is 11.9 Å². The molecule has 0 amide bonds. The fraction of sp³-hybridized carbons (Fsp3) is 0.286. The summed E-state index contributed by atoms with van der Waals surface area (Å²) >= 11 is 1.54. The molecule has 0 radical (unpaired) electrons. The first-order valence-electron chi connectivity index (χ1n) is 6.18. The highest BCUT2D eigenvalue weighted by Crippen LogP contribution is 2.28. The van der Waals surface area contributed by atoms with Gasteiger partial charge in [0.25, 0.3) is 0 Å². The fourth-order valence-electron chi connectivity index (χ4n) is 1.85. The summed E-state index contributed by atoms with van der Waals surface area (Å²) in [6.45, 7) is 1.77. The zero-order chi connectivity index (χ0) is 14.8. The molecule has 0 aliphatic rings. The van der Waals surface area contributed by atoms with Crippen molar-refractivity contribution in [3.05, 3.63) is 52.2 Å². The Hall–Kier alpha value is -1.21. The minimum Gasteiger partial charge on any atom is -0.392 e. The summed E-state index contributed by atoms with van der Waals surface area (Å²) in [7, 11) is -1.95. The van der Waals surface area contributed by atoms with E-state index in [0.717, 1.165) is 4.88 Å². The van der Waals surface area contributed by atoms with Crippen molar-refractivity contribution in [2.75, 3.05) is 7.05 Å². The number of thiophene rings is 1. The van der Waals surface area contributed by atoms with Crippen LogP contribution >= 0.6 is 11.3 Å². The van der Waals surface area contributed by atoms with E-state index in [-0.39, 0.29) is 17.5 Å². The molecule has 1 unspecified atom stereocenters. The predicted octanol–water partition coefficient (Wildman–Crippen LogP) is 2.62. The maximum atomic E-state index is 12.5. The normalized spacial score (nSPS) is 13.6. The van der Waals surface area contributed by atoms with E-state index in [9.17, 15) is 8.42 Å². The lowest BCUT2D eigenvalue weighted by atomic mass is 10.2. The number of aliphatic hydroxyl groups is 1. The van der Waals surface area contributed by atoms with Crippen LogP contribution in [0.3, 0.4) is 0 Å². The lowest BCUT2D eigenvalue weighted by molar-refractivity contribution is 0.281. The fourth-order valence-corrected chi connectivity index (χ4v) is 4.09. The number of hydrogen-bond acceptors (Lipinski definition) is 4. The summed E-state index contributed by atoms with van der Waals surface area (Å²) in [6.07, 6.45) is 0. The highest BCUT2D eigenvalue weighted by atomic mass is 32.2. The third-order valence-corrected chi connectivity index (χ3v) is 6.27. The Bertz CT molecular complexity index is 648. The van der Waals surface area contributed by atoms with Gasteiger partial charge in [-0.25, -0.2) is 8.42 Å². The molecule has 108 valence electrons. The zero-order valence-electron chi connectivity index (χ0n) is 11.4. The molecule has 1 N–H and O–H groups in total. The van der Waals surface area contributed by atoms with Crippen LogP contribution in [0.1, 0.15) is 23.4 Å². The van der Waals surface area contributed by atoms with E-state index in [0.29, 0.717) is 5.56 Å². The van der Waals surface area contributed by atoms with Crippen molar-refractivity contribution in [1.29, 1.82) is 0 Å². The van der Waals surface area contributed by atoms with Gasteiger partial charge in [-0.1, -0.05) is 18.2 Å². The molecule has 1 aromatic heterocycles. The van der Waals surface area contributed by atoms with Gasteiger partial charge in [-0.05, 0) is 36.1 Å². The quantitative estimate of drug-likeness (QED) is 0.923.